The van der Waals surface area contributed by atoms with Gasteiger partial charge in [-0.25, -0.2) is 4.79 Å². The molecule has 0 bridgehead atoms. The lowest BCUT2D eigenvalue weighted by Gasteiger charge is -2.20. The van der Waals surface area contributed by atoms with Gasteiger partial charge in [0, 0.05) is 9.82 Å². The number of azide groups is 2. The lowest BCUT2D eigenvalue weighted by Crippen LogP contribution is -2.33. The Morgan fingerprint density at radius 2 is 1.96 bits per heavy atom. The second-order valence-corrected chi connectivity index (χ2v) is 5.80. The van der Waals surface area contributed by atoms with Crippen molar-refractivity contribution in [2.24, 2.45) is 10.2 Å². The highest BCUT2D eigenvalue weighted by Crippen LogP contribution is 2.29. The molecule has 1 aromatic heterocycles. The number of aliphatic hydroxyl groups excluding tert-OH is 2. The SMILES string of the molecule is Cc1oc([C@H](N=[N+]=[N-])[C@H](O)[C@H](O)CN=[N+]=[N-])cc1C(=O)OCc1ccccc1. The van der Waals surface area contributed by atoms with Crippen molar-refractivity contribution in [3.8, 4) is 0 Å². The van der Waals surface area contributed by atoms with Crippen LogP contribution in [0.1, 0.15) is 33.5 Å². The number of carbonyl (C=O) groups is 1. The Morgan fingerprint density at radius 1 is 1.25 bits per heavy atom. The molecule has 0 saturated carbocycles. The molecule has 1 aromatic carbocycles. The summed E-state index contributed by atoms with van der Waals surface area (Å²) in [6.45, 7) is 1.15. The van der Waals surface area contributed by atoms with Crippen LogP contribution >= 0.6 is 0 Å². The first-order chi connectivity index (χ1) is 13.5. The molecule has 0 fully saturated rings. The van der Waals surface area contributed by atoms with Crippen LogP contribution in [0.2, 0.25) is 0 Å². The van der Waals surface area contributed by atoms with E-state index >= 15 is 0 Å². The molecular weight excluding hydrogens is 368 g/mol. The van der Waals surface area contributed by atoms with Gasteiger partial charge in [-0.2, -0.15) is 0 Å². The number of nitrogens with zero attached hydrogens (tertiary/aromatic N) is 6. The van der Waals surface area contributed by atoms with Crippen molar-refractivity contribution in [1.82, 2.24) is 0 Å². The number of furan rings is 1. The molecule has 0 radical (unpaired) electrons. The number of carbonyl (C=O) groups excluding carboxylic acids is 1. The van der Waals surface area contributed by atoms with E-state index in [0.29, 0.717) is 0 Å². The normalized spacial score (nSPS) is 13.5. The van der Waals surface area contributed by atoms with Crippen LogP contribution in [0.25, 0.3) is 20.9 Å². The molecule has 0 amide bonds. The third kappa shape index (κ3) is 5.26. The van der Waals surface area contributed by atoms with Gasteiger partial charge in [0.25, 0.3) is 0 Å². The molecule has 0 aliphatic carbocycles. The molecule has 3 atom stereocenters. The maximum absolute atomic E-state index is 12.3. The highest BCUT2D eigenvalue weighted by atomic mass is 16.5. The summed E-state index contributed by atoms with van der Waals surface area (Å²) < 4.78 is 10.7. The Morgan fingerprint density at radius 3 is 2.61 bits per heavy atom. The maximum atomic E-state index is 12.3. The molecule has 2 rings (SSSR count). The fourth-order valence-electron chi connectivity index (χ4n) is 2.44. The number of hydrogen-bond acceptors (Lipinski definition) is 7. The third-order valence-corrected chi connectivity index (χ3v) is 3.89. The molecular formula is C17H18N6O5. The quantitative estimate of drug-likeness (QED) is 0.290. The van der Waals surface area contributed by atoms with Crippen LogP contribution in [0, 0.1) is 6.92 Å². The molecule has 2 N–H and O–H groups in total. The van der Waals surface area contributed by atoms with Gasteiger partial charge in [0.15, 0.2) is 0 Å². The molecule has 11 heteroatoms. The third-order valence-electron chi connectivity index (χ3n) is 3.89. The van der Waals surface area contributed by atoms with Crippen LogP contribution in [0.4, 0.5) is 0 Å². The minimum absolute atomic E-state index is 0.0329. The smallest absolute Gasteiger partial charge is 0.342 e. The van der Waals surface area contributed by atoms with Crippen molar-refractivity contribution in [2.75, 3.05) is 6.54 Å². The van der Waals surface area contributed by atoms with Crippen LogP contribution in [-0.4, -0.2) is 34.9 Å². The van der Waals surface area contributed by atoms with E-state index in [1.807, 2.05) is 18.2 Å². The average Bonchev–Trinajstić information content (AvgIpc) is 3.10. The van der Waals surface area contributed by atoms with Gasteiger partial charge in [0.2, 0.25) is 0 Å². The number of hydrogen-bond donors (Lipinski definition) is 2. The van der Waals surface area contributed by atoms with E-state index < -0.39 is 30.8 Å². The van der Waals surface area contributed by atoms with Crippen molar-refractivity contribution in [2.45, 2.75) is 31.8 Å². The Balaban J connectivity index is 2.17. The van der Waals surface area contributed by atoms with Crippen molar-refractivity contribution in [3.05, 3.63) is 79.9 Å². The van der Waals surface area contributed by atoms with Crippen molar-refractivity contribution < 1.29 is 24.2 Å². The predicted octanol–water partition coefficient (Wildman–Crippen LogP) is 3.33. The fraction of sp³-hybridized carbons (Fsp3) is 0.353. The van der Waals surface area contributed by atoms with Gasteiger partial charge in [-0.3, -0.25) is 0 Å². The molecule has 1 heterocycles. The lowest BCUT2D eigenvalue weighted by molar-refractivity contribution is 0.00510. The first kappa shape index (κ1) is 20.8. The predicted molar refractivity (Wildman–Crippen MR) is 96.9 cm³/mol. The Labute approximate surface area is 159 Å². The van der Waals surface area contributed by atoms with E-state index in [9.17, 15) is 15.0 Å². The first-order valence-electron chi connectivity index (χ1n) is 8.20. The average molecular weight is 386 g/mol. The van der Waals surface area contributed by atoms with E-state index in [1.165, 1.54) is 13.0 Å². The summed E-state index contributed by atoms with van der Waals surface area (Å²) in [7, 11) is 0. The highest BCUT2D eigenvalue weighted by Gasteiger charge is 2.31. The van der Waals surface area contributed by atoms with Crippen molar-refractivity contribution in [1.29, 1.82) is 0 Å². The number of esters is 1. The Hall–Kier alpha value is -3.49. The number of aryl methyl sites for hydroxylation is 1. The van der Waals surface area contributed by atoms with E-state index in [2.05, 4.69) is 20.1 Å². The number of ether oxygens (including phenoxy) is 1. The van der Waals surface area contributed by atoms with Crippen molar-refractivity contribution >= 4 is 5.97 Å². The lowest BCUT2D eigenvalue weighted by atomic mass is 10.0. The first-order valence-corrected chi connectivity index (χ1v) is 8.20. The number of rotatable bonds is 9. The van der Waals surface area contributed by atoms with Crippen LogP contribution in [0.3, 0.4) is 0 Å². The van der Waals surface area contributed by atoms with E-state index in [4.69, 9.17) is 20.2 Å². The number of aliphatic hydroxyl groups is 2. The zero-order valence-corrected chi connectivity index (χ0v) is 14.9. The molecule has 11 nitrogen and oxygen atoms in total. The number of benzene rings is 1. The Kier molecular flexibility index (Phi) is 7.44. The molecule has 0 unspecified atom stereocenters. The maximum Gasteiger partial charge on any atom is 0.342 e. The summed E-state index contributed by atoms with van der Waals surface area (Å²) in [5.41, 5.74) is 18.0. The monoisotopic (exact) mass is 386 g/mol. The van der Waals surface area contributed by atoms with Crippen LogP contribution < -0.4 is 0 Å². The van der Waals surface area contributed by atoms with E-state index in [0.717, 1.165) is 5.56 Å². The molecule has 0 spiro atoms. The van der Waals surface area contributed by atoms with Gasteiger partial charge < -0.3 is 19.4 Å². The van der Waals surface area contributed by atoms with Crippen molar-refractivity contribution in [3.63, 3.8) is 0 Å². The highest BCUT2D eigenvalue weighted by molar-refractivity contribution is 5.90. The summed E-state index contributed by atoms with van der Waals surface area (Å²) >= 11 is 0. The minimum Gasteiger partial charge on any atom is -0.465 e. The van der Waals surface area contributed by atoms with Gasteiger partial charge >= 0.3 is 5.97 Å². The zero-order valence-electron chi connectivity index (χ0n) is 14.9. The van der Waals surface area contributed by atoms with Crippen LogP contribution in [-0.2, 0) is 11.3 Å². The summed E-state index contributed by atoms with van der Waals surface area (Å²) in [5.74, 6) is -0.488. The summed E-state index contributed by atoms with van der Waals surface area (Å²) in [6.07, 6.45) is -3.11. The molecule has 0 saturated heterocycles. The van der Waals surface area contributed by atoms with E-state index in [-0.39, 0.29) is 23.7 Å². The molecule has 2 aromatic rings. The second kappa shape index (κ2) is 10.0. The van der Waals surface area contributed by atoms with Gasteiger partial charge in [-0.15, -0.1) is 0 Å². The summed E-state index contributed by atoms with van der Waals surface area (Å²) in [6, 6.07) is 9.04. The summed E-state index contributed by atoms with van der Waals surface area (Å²) in [4.78, 5) is 17.4. The van der Waals surface area contributed by atoms with Gasteiger partial charge in [-0.1, -0.05) is 40.6 Å². The Bertz CT molecular complexity index is 902. The summed E-state index contributed by atoms with van der Waals surface area (Å²) in [5, 5.41) is 26.7. The molecule has 28 heavy (non-hydrogen) atoms. The zero-order chi connectivity index (χ0) is 20.5. The minimum atomic E-state index is -1.61. The molecule has 146 valence electrons. The van der Waals surface area contributed by atoms with E-state index in [1.54, 1.807) is 12.1 Å². The fourth-order valence-corrected chi connectivity index (χ4v) is 2.44. The topological polar surface area (TPSA) is 177 Å². The second-order valence-electron chi connectivity index (χ2n) is 5.80. The molecule has 0 aliphatic rings. The largest absolute Gasteiger partial charge is 0.465 e. The molecule has 0 aliphatic heterocycles. The van der Waals surface area contributed by atoms with Gasteiger partial charge in [0.1, 0.15) is 29.7 Å². The van der Waals surface area contributed by atoms with Gasteiger partial charge in [-0.05, 0) is 29.6 Å². The van der Waals surface area contributed by atoms with Gasteiger partial charge in [0.05, 0.1) is 18.8 Å². The van der Waals surface area contributed by atoms with Crippen LogP contribution in [0.15, 0.2) is 51.0 Å². The van der Waals surface area contributed by atoms with Crippen LogP contribution in [0.5, 0.6) is 0 Å². The standard InChI is InChI=1S/C17H18N6O5/c1-10-12(17(26)27-9-11-5-3-2-4-6-11)7-14(28-10)15(21-23-19)16(25)13(24)8-20-22-18/h2-7,13,15-16,24-25H,8-9H2,1H3/t13-,15+,16-/m1/s1.